The molecular formula is C11H18N4O5S. The summed E-state index contributed by atoms with van der Waals surface area (Å²) in [7, 11) is -3.91. The number of carbonyl (C=O) groups is 1. The number of carboxylic acid groups (broad SMARTS) is 1. The van der Waals surface area contributed by atoms with Gasteiger partial charge in [-0.05, 0) is 6.92 Å². The molecule has 0 spiro atoms. The number of aromatic amines is 1. The van der Waals surface area contributed by atoms with E-state index in [2.05, 4.69) is 19.8 Å². The quantitative estimate of drug-likeness (QED) is 0.616. The van der Waals surface area contributed by atoms with Crippen molar-refractivity contribution in [2.24, 2.45) is 0 Å². The van der Waals surface area contributed by atoms with Crippen molar-refractivity contribution < 1.29 is 23.1 Å². The lowest BCUT2D eigenvalue weighted by Crippen LogP contribution is -2.41. The zero-order valence-corrected chi connectivity index (χ0v) is 12.4. The average molecular weight is 318 g/mol. The first-order valence-corrected chi connectivity index (χ1v) is 7.98. The third-order valence-electron chi connectivity index (χ3n) is 3.19. The number of sulfonamides is 1. The lowest BCUT2D eigenvalue weighted by molar-refractivity contribution is 0.0390. The number of aryl methyl sites for hydroxylation is 1. The smallest absolute Gasteiger partial charge is 0.357 e. The number of nitrogens with zero attached hydrogens (tertiary/aromatic N) is 2. The molecule has 0 radical (unpaired) electrons. The number of hydrogen-bond acceptors (Lipinski definition) is 6. The van der Waals surface area contributed by atoms with E-state index in [-0.39, 0.29) is 17.1 Å². The molecule has 0 amide bonds. The number of ether oxygens (including phenoxy) is 1. The van der Waals surface area contributed by atoms with Crippen LogP contribution in [-0.4, -0.2) is 74.0 Å². The summed E-state index contributed by atoms with van der Waals surface area (Å²) < 4.78 is 32.0. The van der Waals surface area contributed by atoms with Crippen LogP contribution in [0.1, 0.15) is 16.2 Å². The van der Waals surface area contributed by atoms with E-state index < -0.39 is 21.7 Å². The van der Waals surface area contributed by atoms with E-state index in [1.165, 1.54) is 6.92 Å². The predicted molar refractivity (Wildman–Crippen MR) is 72.7 cm³/mol. The second-order valence-electron chi connectivity index (χ2n) is 4.68. The van der Waals surface area contributed by atoms with E-state index >= 15 is 0 Å². The highest BCUT2D eigenvalue weighted by atomic mass is 32.2. The highest BCUT2D eigenvalue weighted by molar-refractivity contribution is 7.89. The fourth-order valence-electron chi connectivity index (χ4n) is 2.13. The standard InChI is InChI=1S/C11H18N4O5S/c1-8-10(9(11(16)17)14-13-8)21(18,19)12-2-3-15-4-6-20-7-5-15/h12H,2-7H2,1H3,(H,13,14)(H,16,17). The largest absolute Gasteiger partial charge is 0.476 e. The maximum Gasteiger partial charge on any atom is 0.357 e. The molecule has 10 heteroatoms. The van der Waals surface area contributed by atoms with Crippen molar-refractivity contribution in [2.75, 3.05) is 39.4 Å². The average Bonchev–Trinajstić information content (AvgIpc) is 2.83. The molecule has 1 fully saturated rings. The summed E-state index contributed by atoms with van der Waals surface area (Å²) in [4.78, 5) is 12.8. The molecule has 0 saturated carbocycles. The molecule has 0 atom stereocenters. The van der Waals surface area contributed by atoms with Gasteiger partial charge in [0.2, 0.25) is 10.0 Å². The summed E-state index contributed by atoms with van der Waals surface area (Å²) in [5, 5.41) is 14.9. The Labute approximate surface area is 122 Å². The minimum absolute atomic E-state index is 0.200. The van der Waals surface area contributed by atoms with Crippen molar-refractivity contribution in [3.63, 3.8) is 0 Å². The molecule has 2 heterocycles. The van der Waals surface area contributed by atoms with Gasteiger partial charge in [0, 0.05) is 26.2 Å². The summed E-state index contributed by atoms with van der Waals surface area (Å²) >= 11 is 0. The third-order valence-corrected chi connectivity index (χ3v) is 4.81. The number of aromatic carboxylic acids is 1. The highest BCUT2D eigenvalue weighted by Gasteiger charge is 2.28. The molecule has 0 aromatic carbocycles. The summed E-state index contributed by atoms with van der Waals surface area (Å²) in [6.45, 7) is 5.00. The van der Waals surface area contributed by atoms with Gasteiger partial charge in [0.25, 0.3) is 0 Å². The van der Waals surface area contributed by atoms with Crippen molar-refractivity contribution in [3.8, 4) is 0 Å². The Hall–Kier alpha value is -1.49. The summed E-state index contributed by atoms with van der Waals surface area (Å²) in [5.41, 5.74) is -0.294. The van der Waals surface area contributed by atoms with Crippen LogP contribution in [0.15, 0.2) is 4.90 Å². The molecule has 1 aromatic rings. The fourth-order valence-corrected chi connectivity index (χ4v) is 3.47. The molecule has 0 bridgehead atoms. The number of hydrogen-bond donors (Lipinski definition) is 3. The minimum atomic E-state index is -3.91. The number of aromatic nitrogens is 2. The van der Waals surface area contributed by atoms with Crippen molar-refractivity contribution in [2.45, 2.75) is 11.8 Å². The molecule has 1 saturated heterocycles. The normalized spacial score (nSPS) is 17.0. The first-order valence-electron chi connectivity index (χ1n) is 6.50. The van der Waals surface area contributed by atoms with Crippen LogP contribution in [0, 0.1) is 6.92 Å². The van der Waals surface area contributed by atoms with Gasteiger partial charge >= 0.3 is 5.97 Å². The van der Waals surface area contributed by atoms with Gasteiger partial charge < -0.3 is 9.84 Å². The molecule has 1 aliphatic rings. The maximum absolute atomic E-state index is 12.2. The number of rotatable bonds is 6. The molecule has 0 unspecified atom stereocenters. The van der Waals surface area contributed by atoms with Crippen molar-refractivity contribution in [3.05, 3.63) is 11.4 Å². The number of H-pyrrole nitrogens is 1. The molecule has 3 N–H and O–H groups in total. The van der Waals surface area contributed by atoms with Crippen LogP contribution in [0.3, 0.4) is 0 Å². The minimum Gasteiger partial charge on any atom is -0.476 e. The van der Waals surface area contributed by atoms with Crippen molar-refractivity contribution in [1.29, 1.82) is 0 Å². The van der Waals surface area contributed by atoms with E-state index in [0.29, 0.717) is 19.8 Å². The van der Waals surface area contributed by atoms with Crippen LogP contribution in [0.2, 0.25) is 0 Å². The van der Waals surface area contributed by atoms with Gasteiger partial charge in [0.05, 0.1) is 18.9 Å². The SMILES string of the molecule is Cc1[nH]nc(C(=O)O)c1S(=O)(=O)NCCN1CCOCC1. The van der Waals surface area contributed by atoms with Crippen LogP contribution < -0.4 is 4.72 Å². The monoisotopic (exact) mass is 318 g/mol. The Morgan fingerprint density at radius 3 is 2.76 bits per heavy atom. The fraction of sp³-hybridized carbons (Fsp3) is 0.636. The molecule has 118 valence electrons. The van der Waals surface area contributed by atoms with Gasteiger partial charge in [-0.25, -0.2) is 17.9 Å². The number of nitrogens with one attached hydrogen (secondary N) is 2. The lowest BCUT2D eigenvalue weighted by Gasteiger charge is -2.26. The van der Waals surface area contributed by atoms with Crippen LogP contribution in [0.5, 0.6) is 0 Å². The molecule has 9 nitrogen and oxygen atoms in total. The zero-order valence-electron chi connectivity index (χ0n) is 11.6. The molecule has 2 rings (SSSR count). The van der Waals surface area contributed by atoms with E-state index in [1.807, 2.05) is 0 Å². The maximum atomic E-state index is 12.2. The van der Waals surface area contributed by atoms with Gasteiger partial charge in [-0.15, -0.1) is 0 Å². The van der Waals surface area contributed by atoms with Crippen LogP contribution in [0.4, 0.5) is 0 Å². The van der Waals surface area contributed by atoms with E-state index in [9.17, 15) is 13.2 Å². The molecular weight excluding hydrogens is 300 g/mol. The molecule has 0 aliphatic carbocycles. The Balaban J connectivity index is 2.01. The second-order valence-corrected chi connectivity index (χ2v) is 6.39. The van der Waals surface area contributed by atoms with E-state index in [1.54, 1.807) is 0 Å². The molecule has 1 aliphatic heterocycles. The lowest BCUT2D eigenvalue weighted by atomic mass is 10.4. The Morgan fingerprint density at radius 1 is 1.48 bits per heavy atom. The van der Waals surface area contributed by atoms with E-state index in [0.717, 1.165) is 13.1 Å². The summed E-state index contributed by atoms with van der Waals surface area (Å²) in [6, 6.07) is 0. The molecule has 21 heavy (non-hydrogen) atoms. The first kappa shape index (κ1) is 15.9. The van der Waals surface area contributed by atoms with Gasteiger partial charge in [-0.2, -0.15) is 5.10 Å². The molecule has 1 aromatic heterocycles. The number of morpholine rings is 1. The van der Waals surface area contributed by atoms with Crippen LogP contribution >= 0.6 is 0 Å². The highest BCUT2D eigenvalue weighted by Crippen LogP contribution is 2.17. The van der Waals surface area contributed by atoms with Gasteiger partial charge in [0.1, 0.15) is 4.90 Å². The Kier molecular flexibility index (Phi) is 4.93. The van der Waals surface area contributed by atoms with Crippen LogP contribution in [-0.2, 0) is 14.8 Å². The van der Waals surface area contributed by atoms with Crippen LogP contribution in [0.25, 0.3) is 0 Å². The predicted octanol–water partition coefficient (Wildman–Crippen LogP) is -0.973. The topological polar surface area (TPSA) is 125 Å². The van der Waals surface area contributed by atoms with E-state index in [4.69, 9.17) is 9.84 Å². The Morgan fingerprint density at radius 2 is 2.14 bits per heavy atom. The summed E-state index contributed by atoms with van der Waals surface area (Å²) in [6.07, 6.45) is 0. The zero-order chi connectivity index (χ0) is 15.5. The second kappa shape index (κ2) is 6.52. The van der Waals surface area contributed by atoms with Gasteiger partial charge in [0.15, 0.2) is 5.69 Å². The van der Waals surface area contributed by atoms with Crippen molar-refractivity contribution >= 4 is 16.0 Å². The number of carboxylic acids is 1. The first-order chi connectivity index (χ1) is 9.92. The summed E-state index contributed by atoms with van der Waals surface area (Å²) in [5.74, 6) is -1.38. The Bertz CT molecular complexity index is 606. The van der Waals surface area contributed by atoms with Gasteiger partial charge in [-0.3, -0.25) is 10.00 Å². The third kappa shape index (κ3) is 3.79. The van der Waals surface area contributed by atoms with Crippen molar-refractivity contribution in [1.82, 2.24) is 19.8 Å². The van der Waals surface area contributed by atoms with Gasteiger partial charge in [-0.1, -0.05) is 0 Å².